The Morgan fingerprint density at radius 1 is 0.353 bits per heavy atom. The van der Waals surface area contributed by atoms with E-state index in [2.05, 4.69) is 79.0 Å². The molecule has 14 rings (SSSR count). The monoisotopic (exact) mass is 1570 g/mol. The summed E-state index contributed by atoms with van der Waals surface area (Å²) in [5.41, 5.74) is 39.4. The Kier molecular flexibility index (Phi) is 18.9. The lowest BCUT2D eigenvalue weighted by Crippen LogP contribution is -2.46. The Hall–Kier alpha value is -11.2. The van der Waals surface area contributed by atoms with Gasteiger partial charge in [-0.15, -0.1) is 41.8 Å². The lowest BCUT2D eigenvalue weighted by Gasteiger charge is -2.18. The summed E-state index contributed by atoms with van der Waals surface area (Å²) in [5.74, 6) is 0. The Morgan fingerprint density at radius 2 is 0.647 bits per heavy atom. The van der Waals surface area contributed by atoms with Crippen LogP contribution < -0.4 is 0 Å². The molecule has 38 nitrogen and oxygen atoms in total. The second-order valence-electron chi connectivity index (χ2n) is 20.4. The molecule has 0 bridgehead atoms. The lowest BCUT2D eigenvalue weighted by molar-refractivity contribution is 0.00320. The molecule has 12 aromatic rings. The Balaban J connectivity index is 0.000000137. The number of H-pyrrole nitrogens is 2. The van der Waals surface area contributed by atoms with Crippen LogP contribution in [0.2, 0.25) is 0 Å². The van der Waals surface area contributed by atoms with Crippen molar-refractivity contribution in [3.05, 3.63) is 168 Å². The number of oxazole rings is 2. The van der Waals surface area contributed by atoms with E-state index in [1.54, 1.807) is 121 Å². The van der Waals surface area contributed by atoms with E-state index in [-0.39, 0.29) is 22.2 Å². The van der Waals surface area contributed by atoms with Gasteiger partial charge in [-0.3, -0.25) is 0 Å². The first kappa shape index (κ1) is 72.0. The zero-order chi connectivity index (χ0) is 73.6. The Labute approximate surface area is 580 Å². The maximum atomic E-state index is 12.8. The van der Waals surface area contributed by atoms with Crippen LogP contribution in [0.1, 0.15) is 13.8 Å². The number of sulfone groups is 8. The molecule has 0 aliphatic carbocycles. The number of rotatable bonds is 8. The number of hydrogen-bond donors (Lipinski definition) is 2. The SMILES string of the molecule is CC1(S(=O)(=O)C(=[N+]=[N-])S(=O)(=O)C2(C)N=CC=N2)N=CC=N1.[N-]=[N+]=C(S(=O)(=O)c1nc2ccccc2[nH]1)S(=O)(=O)c1nc2ccccc2[nH]1.[N-]=[N+]=C(S(=O)(=O)c1nc2ccccc2o1)S(=O)(=O)c1nc2ccccc2o1.[N-]=[N+]=C(S(=O)(=O)c1nc2ccccc2s1)S(=O)(=O)c1nc2ccccc2s1. The first-order valence-corrected chi connectivity index (χ1v) is 41.0. The normalized spacial score (nSPS) is 14.2. The van der Waals surface area contributed by atoms with Crippen LogP contribution in [0, 0.1) is 0 Å². The molecule has 0 fully saturated rings. The predicted molar refractivity (Wildman–Crippen MR) is 366 cm³/mol. The van der Waals surface area contributed by atoms with Crippen LogP contribution in [-0.4, -0.2) is 179 Å². The van der Waals surface area contributed by atoms with E-state index < -0.39 is 136 Å². The number of nitrogens with one attached hydrogen (secondary N) is 2. The molecule has 0 unspecified atom stereocenters. The summed E-state index contributed by atoms with van der Waals surface area (Å²) in [4.78, 5) is 48.4. The van der Waals surface area contributed by atoms with Crippen molar-refractivity contribution in [3.63, 3.8) is 0 Å². The molecule has 2 aliphatic rings. The van der Waals surface area contributed by atoms with Gasteiger partial charge in [0.2, 0.25) is 19.0 Å². The smallest absolute Gasteiger partial charge is 0.427 e. The van der Waals surface area contributed by atoms with Gasteiger partial charge in [0.05, 0.1) is 42.5 Å². The standard InChI is InChI=1S/C15H10N6O4S2.C15H8N4O6S2.C15H8N4O4S4.C9H10N6O4S2/c16-21-15(26(22,23)13-17-9-5-1-2-6-10(9)18-13)27(24,25)14-19-11-7-3-4-8-12(11)20-14;2*16-19-15(26(20,21)13-17-9-5-1-3-7-11(9)24-13)27(22,23)14-18-10-6-2-4-8-12(10)25-14;1-8(11-3-4-12-8)20(16,17)7(15-10)21(18,19)9(2)13-5-6-14-9/h1-8H,(H,17,18)(H,19,20);2*1-8H;3-6H,1-2H3. The number of aromatic amines is 2. The van der Waals surface area contributed by atoms with Crippen molar-refractivity contribution in [1.29, 1.82) is 0 Å². The second kappa shape index (κ2) is 26.7. The van der Waals surface area contributed by atoms with Gasteiger partial charge >= 0.3 is 107 Å². The fourth-order valence-corrected chi connectivity index (χ4v) is 24.8. The molecule has 520 valence electrons. The molecule has 0 spiro atoms. The zero-order valence-electron chi connectivity index (χ0n) is 50.6. The molecule has 6 aromatic carbocycles. The minimum atomic E-state index is -4.92. The Bertz CT molecular complexity index is 5730. The van der Waals surface area contributed by atoms with E-state index in [0.717, 1.165) is 61.4 Å². The molecule has 102 heavy (non-hydrogen) atoms. The summed E-state index contributed by atoms with van der Waals surface area (Å²) >= 11 is 1.58. The molecule has 8 heterocycles. The minimum Gasteiger partial charge on any atom is -0.427 e. The molecule has 0 amide bonds. The zero-order valence-corrected chi connectivity index (χ0v) is 58.8. The average molecular weight is 1570 g/mol. The topological polar surface area (TPSA) is 603 Å². The number of nitrogens with zero attached hydrogens (tertiary/aromatic N) is 18. The molecule has 6 aromatic heterocycles. The van der Waals surface area contributed by atoms with Crippen molar-refractivity contribution in [2.45, 2.75) is 53.3 Å². The summed E-state index contributed by atoms with van der Waals surface area (Å²) < 4.78 is 207. The van der Waals surface area contributed by atoms with Crippen LogP contribution in [0.5, 0.6) is 0 Å². The average Bonchev–Trinajstić information content (AvgIpc) is 1.46. The van der Waals surface area contributed by atoms with Crippen LogP contribution in [0.25, 0.3) is 86.8 Å². The number of benzene rings is 6. The quantitative estimate of drug-likeness (QED) is 0.0886. The third kappa shape index (κ3) is 12.8. The summed E-state index contributed by atoms with van der Waals surface area (Å²) in [7, 11) is -38.2. The number of hydrogen-bond acceptors (Lipinski definition) is 30. The summed E-state index contributed by atoms with van der Waals surface area (Å²) in [6.07, 6.45) is 4.42. The van der Waals surface area contributed by atoms with Crippen molar-refractivity contribution < 1.29 is 95.3 Å². The highest BCUT2D eigenvalue weighted by Gasteiger charge is 2.61. The van der Waals surface area contributed by atoms with Crippen LogP contribution >= 0.6 is 22.7 Å². The predicted octanol–water partition coefficient (Wildman–Crippen LogP) is 4.87. The van der Waals surface area contributed by atoms with Gasteiger partial charge in [-0.1, -0.05) is 72.8 Å². The van der Waals surface area contributed by atoms with Crippen LogP contribution in [-0.2, 0) is 78.7 Å². The number of aromatic nitrogens is 8. The maximum absolute atomic E-state index is 12.8. The van der Waals surface area contributed by atoms with Crippen molar-refractivity contribution in [2.75, 3.05) is 0 Å². The van der Waals surface area contributed by atoms with E-state index in [0.29, 0.717) is 42.5 Å². The molecule has 0 atom stereocenters. The van der Waals surface area contributed by atoms with Gasteiger partial charge in [-0.05, 0) is 86.6 Å². The minimum absolute atomic E-state index is 0.118. The van der Waals surface area contributed by atoms with E-state index >= 15 is 0 Å². The molecule has 48 heteroatoms. The maximum Gasteiger partial charge on any atom is 0.513 e. The molecular weight excluding hydrogens is 1540 g/mol. The summed E-state index contributed by atoms with van der Waals surface area (Å²) in [5, 5.41) is -3.18. The molecule has 2 N–H and O–H groups in total. The third-order valence-corrected chi connectivity index (χ3v) is 33.1. The van der Waals surface area contributed by atoms with E-state index in [9.17, 15) is 78.4 Å². The second-order valence-corrected chi connectivity index (χ2v) is 38.9. The molecular formula is C54H36N20O18S10. The molecule has 2 aliphatic heterocycles. The van der Waals surface area contributed by atoms with Gasteiger partial charge in [0.15, 0.2) is 11.2 Å². The summed E-state index contributed by atoms with van der Waals surface area (Å²) in [6, 6.07) is 38.3. The van der Waals surface area contributed by atoms with E-state index in [1.165, 1.54) is 24.3 Å². The number of fused-ring (bicyclic) bond motifs is 6. The molecule has 0 saturated heterocycles. The third-order valence-electron chi connectivity index (χ3n) is 13.8. The van der Waals surface area contributed by atoms with Crippen molar-refractivity contribution in [2.24, 2.45) is 20.0 Å². The number of aliphatic imine (C=N–C) groups is 4. The largest absolute Gasteiger partial charge is 0.513 e. The van der Waals surface area contributed by atoms with Crippen LogP contribution in [0.4, 0.5) is 0 Å². The fraction of sp³-hybridized carbons (Fsp3) is 0.0741. The van der Waals surface area contributed by atoms with Gasteiger partial charge in [0.1, 0.15) is 11.0 Å². The van der Waals surface area contributed by atoms with Crippen molar-refractivity contribution in [3.8, 4) is 0 Å². The van der Waals surface area contributed by atoms with Crippen molar-refractivity contribution in [1.82, 2.24) is 39.9 Å². The molecule has 0 saturated carbocycles. The highest BCUT2D eigenvalue weighted by molar-refractivity contribution is 8.33. The Morgan fingerprint density at radius 3 is 0.971 bits per heavy atom. The fourth-order valence-electron chi connectivity index (χ4n) is 8.81. The number of thiazole rings is 2. The highest BCUT2D eigenvalue weighted by Crippen LogP contribution is 2.34. The molecule has 0 radical (unpaired) electrons. The van der Waals surface area contributed by atoms with Gasteiger partial charge in [0.25, 0.3) is 9.99 Å². The first-order chi connectivity index (χ1) is 48.1. The van der Waals surface area contributed by atoms with Gasteiger partial charge in [0, 0.05) is 24.9 Å². The van der Waals surface area contributed by atoms with Gasteiger partial charge in [-0.2, -0.15) is 9.97 Å². The highest BCUT2D eigenvalue weighted by atomic mass is 32.3. The first-order valence-electron chi connectivity index (χ1n) is 27.5. The van der Waals surface area contributed by atoms with Gasteiger partial charge < -0.3 is 40.9 Å². The lowest BCUT2D eigenvalue weighted by atomic mass is 10.3. The van der Waals surface area contributed by atoms with E-state index in [4.69, 9.17) is 19.9 Å². The van der Waals surface area contributed by atoms with Gasteiger partial charge in [-0.25, -0.2) is 107 Å². The van der Waals surface area contributed by atoms with Crippen molar-refractivity contribution >= 4 is 208 Å². The number of imidazole rings is 2. The van der Waals surface area contributed by atoms with Crippen LogP contribution in [0.15, 0.2) is 204 Å². The van der Waals surface area contributed by atoms with Crippen LogP contribution in [0.3, 0.4) is 0 Å². The summed E-state index contributed by atoms with van der Waals surface area (Å²) in [6.45, 7) is 2.15. The number of para-hydroxylation sites is 10. The van der Waals surface area contributed by atoms with E-state index in [1.807, 2.05) is 0 Å².